The van der Waals surface area contributed by atoms with E-state index < -0.39 is 0 Å². The minimum absolute atomic E-state index is 0.173. The lowest BCUT2D eigenvalue weighted by Gasteiger charge is -2.17. The van der Waals surface area contributed by atoms with Gasteiger partial charge in [0.05, 0.1) is 13.2 Å². The minimum Gasteiger partial charge on any atom is -0.493 e. The number of ether oxygens (including phenoxy) is 2. The minimum atomic E-state index is -0.246. The molecule has 0 spiro atoms. The summed E-state index contributed by atoms with van der Waals surface area (Å²) >= 11 is 0. The Hall–Kier alpha value is -3.02. The topological polar surface area (TPSA) is 72.5 Å². The first kappa shape index (κ1) is 18.3. The predicted molar refractivity (Wildman–Crippen MR) is 96.7 cm³/mol. The summed E-state index contributed by atoms with van der Waals surface area (Å²) < 4.78 is 11.2. The number of carbonyl (C=O) groups is 1. The summed E-state index contributed by atoms with van der Waals surface area (Å²) in [6, 6.07) is 8.99. The van der Waals surface area contributed by atoms with E-state index in [1.807, 2.05) is 37.3 Å². The Bertz CT molecular complexity index is 704. The third kappa shape index (κ3) is 5.53. The second-order valence-corrected chi connectivity index (χ2v) is 5.42. The Kier molecular flexibility index (Phi) is 6.83. The van der Waals surface area contributed by atoms with Gasteiger partial charge in [-0.25, -0.2) is 4.79 Å². The van der Waals surface area contributed by atoms with Crippen molar-refractivity contribution in [1.29, 1.82) is 0 Å². The van der Waals surface area contributed by atoms with Gasteiger partial charge < -0.3 is 20.1 Å². The number of benzene rings is 1. The molecular formula is C19H23N3O3. The second kappa shape index (κ2) is 9.32. The van der Waals surface area contributed by atoms with E-state index in [-0.39, 0.29) is 12.1 Å². The number of nitrogens with zero attached hydrogens (tertiary/aromatic N) is 1. The zero-order valence-electron chi connectivity index (χ0n) is 14.5. The van der Waals surface area contributed by atoms with Crippen molar-refractivity contribution in [2.75, 3.05) is 13.7 Å². The van der Waals surface area contributed by atoms with E-state index >= 15 is 0 Å². The zero-order valence-corrected chi connectivity index (χ0v) is 14.5. The third-order valence-corrected chi connectivity index (χ3v) is 3.59. The van der Waals surface area contributed by atoms with Gasteiger partial charge in [-0.15, -0.1) is 6.58 Å². The predicted octanol–water partition coefficient (Wildman–Crippen LogP) is 3.22. The standard InChI is InChI=1S/C19H23N3O3/c1-4-9-21-19(23)22-14(2)16-5-6-17(18(12-16)24-3)25-13-15-7-10-20-11-8-15/h4-8,10-12,14H,1,9,13H2,2-3H3,(H2,21,22,23). The molecule has 1 aromatic heterocycles. The van der Waals surface area contributed by atoms with Crippen molar-refractivity contribution in [3.63, 3.8) is 0 Å². The van der Waals surface area contributed by atoms with Crippen molar-refractivity contribution in [3.05, 3.63) is 66.5 Å². The number of methoxy groups -OCH3 is 1. The molecule has 0 bridgehead atoms. The second-order valence-electron chi connectivity index (χ2n) is 5.42. The van der Waals surface area contributed by atoms with Crippen LogP contribution in [0.1, 0.15) is 24.1 Å². The van der Waals surface area contributed by atoms with Crippen LogP contribution in [0.3, 0.4) is 0 Å². The molecule has 0 aliphatic heterocycles. The SMILES string of the molecule is C=CCNC(=O)NC(C)c1ccc(OCc2ccncc2)c(OC)c1. The molecule has 2 amide bonds. The molecule has 25 heavy (non-hydrogen) atoms. The Labute approximate surface area is 147 Å². The molecule has 0 saturated carbocycles. The van der Waals surface area contributed by atoms with Gasteiger partial charge in [0, 0.05) is 18.9 Å². The molecule has 0 radical (unpaired) electrons. The molecule has 6 nitrogen and oxygen atoms in total. The summed E-state index contributed by atoms with van der Waals surface area (Å²) in [7, 11) is 1.59. The molecule has 1 unspecified atom stereocenters. The fourth-order valence-electron chi connectivity index (χ4n) is 2.21. The summed E-state index contributed by atoms with van der Waals surface area (Å²) in [5.41, 5.74) is 1.94. The van der Waals surface area contributed by atoms with Crippen LogP contribution < -0.4 is 20.1 Å². The van der Waals surface area contributed by atoms with Crippen LogP contribution in [0.4, 0.5) is 4.79 Å². The quantitative estimate of drug-likeness (QED) is 0.723. The first-order chi connectivity index (χ1) is 12.1. The smallest absolute Gasteiger partial charge is 0.315 e. The average Bonchev–Trinajstić information content (AvgIpc) is 2.65. The monoisotopic (exact) mass is 341 g/mol. The van der Waals surface area contributed by atoms with Gasteiger partial charge in [-0.05, 0) is 42.3 Å². The molecule has 0 fully saturated rings. The number of hydrogen-bond donors (Lipinski definition) is 2. The number of nitrogens with one attached hydrogen (secondary N) is 2. The summed E-state index contributed by atoms with van der Waals surface area (Å²) in [5, 5.41) is 5.54. The van der Waals surface area contributed by atoms with Crippen LogP contribution in [-0.4, -0.2) is 24.7 Å². The van der Waals surface area contributed by atoms with Crippen LogP contribution in [0.2, 0.25) is 0 Å². The first-order valence-electron chi connectivity index (χ1n) is 7.99. The maximum atomic E-state index is 11.7. The highest BCUT2D eigenvalue weighted by Crippen LogP contribution is 2.30. The van der Waals surface area contributed by atoms with Crippen molar-refractivity contribution < 1.29 is 14.3 Å². The number of urea groups is 1. The summed E-state index contributed by atoms with van der Waals surface area (Å²) in [6.45, 7) is 6.31. The normalized spacial score (nSPS) is 11.3. The summed E-state index contributed by atoms with van der Waals surface area (Å²) in [4.78, 5) is 15.7. The number of amides is 2. The van der Waals surface area contributed by atoms with Gasteiger partial charge in [0.25, 0.3) is 0 Å². The highest BCUT2D eigenvalue weighted by Gasteiger charge is 2.13. The van der Waals surface area contributed by atoms with Gasteiger partial charge in [-0.2, -0.15) is 0 Å². The molecule has 1 atom stereocenters. The maximum absolute atomic E-state index is 11.7. The molecule has 0 aliphatic carbocycles. The van der Waals surface area contributed by atoms with Gasteiger partial charge in [0.1, 0.15) is 6.61 Å². The molecule has 2 aromatic rings. The zero-order chi connectivity index (χ0) is 18.1. The van der Waals surface area contributed by atoms with Gasteiger partial charge in [0.15, 0.2) is 11.5 Å². The molecule has 1 aromatic carbocycles. The van der Waals surface area contributed by atoms with Gasteiger partial charge in [-0.3, -0.25) is 4.98 Å². The van der Waals surface area contributed by atoms with E-state index in [1.165, 1.54) is 0 Å². The summed E-state index contributed by atoms with van der Waals surface area (Å²) in [5.74, 6) is 1.26. The van der Waals surface area contributed by atoms with Gasteiger partial charge >= 0.3 is 6.03 Å². The molecular weight excluding hydrogens is 318 g/mol. The fourth-order valence-corrected chi connectivity index (χ4v) is 2.21. The Morgan fingerprint density at radius 3 is 2.72 bits per heavy atom. The number of carbonyl (C=O) groups excluding carboxylic acids is 1. The van der Waals surface area contributed by atoms with Crippen molar-refractivity contribution in [2.24, 2.45) is 0 Å². The van der Waals surface area contributed by atoms with Crippen molar-refractivity contribution in [3.8, 4) is 11.5 Å². The van der Waals surface area contributed by atoms with E-state index in [0.717, 1.165) is 11.1 Å². The molecule has 2 N–H and O–H groups in total. The van der Waals surface area contributed by atoms with E-state index in [4.69, 9.17) is 9.47 Å². The number of aromatic nitrogens is 1. The Morgan fingerprint density at radius 2 is 2.04 bits per heavy atom. The third-order valence-electron chi connectivity index (χ3n) is 3.59. The van der Waals surface area contributed by atoms with Crippen LogP contribution in [0, 0.1) is 0 Å². The van der Waals surface area contributed by atoms with E-state index in [9.17, 15) is 4.79 Å². The van der Waals surface area contributed by atoms with E-state index in [1.54, 1.807) is 25.6 Å². The average molecular weight is 341 g/mol. The maximum Gasteiger partial charge on any atom is 0.315 e. The van der Waals surface area contributed by atoms with E-state index in [2.05, 4.69) is 22.2 Å². The van der Waals surface area contributed by atoms with Crippen molar-refractivity contribution >= 4 is 6.03 Å². The number of pyridine rings is 1. The van der Waals surface area contributed by atoms with Crippen LogP contribution in [-0.2, 0) is 6.61 Å². The highest BCUT2D eigenvalue weighted by molar-refractivity contribution is 5.74. The molecule has 2 rings (SSSR count). The lowest BCUT2D eigenvalue weighted by Crippen LogP contribution is -2.37. The Balaban J connectivity index is 2.02. The largest absolute Gasteiger partial charge is 0.493 e. The van der Waals surface area contributed by atoms with Crippen LogP contribution in [0.5, 0.6) is 11.5 Å². The van der Waals surface area contributed by atoms with Gasteiger partial charge in [0.2, 0.25) is 0 Å². The van der Waals surface area contributed by atoms with Crippen LogP contribution in [0.15, 0.2) is 55.4 Å². The number of rotatable bonds is 8. The lowest BCUT2D eigenvalue weighted by molar-refractivity contribution is 0.239. The molecule has 0 aliphatic rings. The lowest BCUT2D eigenvalue weighted by atomic mass is 10.1. The molecule has 6 heteroatoms. The molecule has 1 heterocycles. The fraction of sp³-hybridized carbons (Fsp3) is 0.263. The molecule has 0 saturated heterocycles. The summed E-state index contributed by atoms with van der Waals surface area (Å²) in [6.07, 6.45) is 5.08. The molecule has 132 valence electrons. The van der Waals surface area contributed by atoms with Gasteiger partial charge in [-0.1, -0.05) is 12.1 Å². The van der Waals surface area contributed by atoms with Crippen LogP contribution in [0.25, 0.3) is 0 Å². The number of hydrogen-bond acceptors (Lipinski definition) is 4. The van der Waals surface area contributed by atoms with Crippen LogP contribution >= 0.6 is 0 Å². The van der Waals surface area contributed by atoms with Crippen molar-refractivity contribution in [1.82, 2.24) is 15.6 Å². The Morgan fingerprint density at radius 1 is 1.28 bits per heavy atom. The first-order valence-corrected chi connectivity index (χ1v) is 7.99. The van der Waals surface area contributed by atoms with E-state index in [0.29, 0.717) is 24.7 Å². The highest BCUT2D eigenvalue weighted by atomic mass is 16.5. The van der Waals surface area contributed by atoms with Crippen molar-refractivity contribution in [2.45, 2.75) is 19.6 Å².